The summed E-state index contributed by atoms with van der Waals surface area (Å²) in [6.45, 7) is 0.0411. The van der Waals surface area contributed by atoms with Gasteiger partial charge in [-0.3, -0.25) is 9.59 Å². The molecule has 0 fully saturated rings. The molecule has 140 valence electrons. The Balaban J connectivity index is 1.56. The lowest BCUT2D eigenvalue weighted by molar-refractivity contribution is 0.0918. The molecule has 0 saturated heterocycles. The summed E-state index contributed by atoms with van der Waals surface area (Å²) in [7, 11) is 0. The van der Waals surface area contributed by atoms with Crippen molar-refractivity contribution in [1.29, 1.82) is 0 Å². The molecule has 3 N–H and O–H groups in total. The van der Waals surface area contributed by atoms with Crippen LogP contribution in [0.15, 0.2) is 76.0 Å². The smallest absolute Gasteiger partial charge is 0.252 e. The molecular weight excluding hydrogens is 420 g/mol. The van der Waals surface area contributed by atoms with Crippen LogP contribution in [0.4, 0.5) is 0 Å². The van der Waals surface area contributed by atoms with Gasteiger partial charge in [0.2, 0.25) is 5.56 Å². The van der Waals surface area contributed by atoms with E-state index in [2.05, 4.69) is 26.2 Å². The molecule has 28 heavy (non-hydrogen) atoms. The van der Waals surface area contributed by atoms with Gasteiger partial charge in [0, 0.05) is 22.5 Å². The van der Waals surface area contributed by atoms with E-state index in [0.717, 1.165) is 16.3 Å². The molecule has 0 aliphatic carbocycles. The number of fused-ring (bicyclic) bond motifs is 2. The Morgan fingerprint density at radius 3 is 2.64 bits per heavy atom. The largest absolute Gasteiger partial charge is 0.387 e. The lowest BCUT2D eigenvalue weighted by atomic mass is 10.0. The van der Waals surface area contributed by atoms with E-state index in [1.54, 1.807) is 18.2 Å². The summed E-state index contributed by atoms with van der Waals surface area (Å²) in [4.78, 5) is 27.3. The van der Waals surface area contributed by atoms with Crippen molar-refractivity contribution in [3.63, 3.8) is 0 Å². The van der Waals surface area contributed by atoms with E-state index in [0.29, 0.717) is 15.4 Å². The molecule has 0 bridgehead atoms. The molecule has 6 heteroatoms. The number of nitrogens with one attached hydrogen (secondary N) is 2. The molecular formula is C22H17BrN2O3. The average Bonchev–Trinajstić information content (AvgIpc) is 2.71. The van der Waals surface area contributed by atoms with E-state index in [-0.39, 0.29) is 17.7 Å². The van der Waals surface area contributed by atoms with Gasteiger partial charge in [-0.1, -0.05) is 48.5 Å². The van der Waals surface area contributed by atoms with E-state index < -0.39 is 12.0 Å². The topological polar surface area (TPSA) is 82.2 Å². The number of aromatic amines is 1. The molecule has 4 rings (SSSR count). The molecule has 1 aromatic heterocycles. The van der Waals surface area contributed by atoms with E-state index in [9.17, 15) is 14.7 Å². The summed E-state index contributed by atoms with van der Waals surface area (Å²) in [5.41, 5.74) is 1.19. The number of pyridine rings is 1. The number of carbonyl (C=O) groups excluding carboxylic acids is 1. The van der Waals surface area contributed by atoms with Crippen molar-refractivity contribution in [1.82, 2.24) is 10.3 Å². The highest BCUT2D eigenvalue weighted by Crippen LogP contribution is 2.24. The van der Waals surface area contributed by atoms with Crippen molar-refractivity contribution in [2.45, 2.75) is 6.10 Å². The van der Waals surface area contributed by atoms with Crippen molar-refractivity contribution in [2.75, 3.05) is 6.54 Å². The Bertz CT molecular complexity index is 1250. The molecule has 0 aliphatic rings. The van der Waals surface area contributed by atoms with E-state index >= 15 is 0 Å². The third-order valence-electron chi connectivity index (χ3n) is 4.69. The number of hydrogen-bond acceptors (Lipinski definition) is 3. The first kappa shape index (κ1) is 18.4. The molecule has 3 aromatic carbocycles. The highest BCUT2D eigenvalue weighted by molar-refractivity contribution is 9.10. The summed E-state index contributed by atoms with van der Waals surface area (Å²) < 4.78 is 0.702. The van der Waals surface area contributed by atoms with Gasteiger partial charge >= 0.3 is 0 Å². The number of rotatable bonds is 4. The van der Waals surface area contributed by atoms with Gasteiger partial charge in [-0.05, 0) is 44.4 Å². The van der Waals surface area contributed by atoms with Crippen LogP contribution in [-0.2, 0) is 0 Å². The number of halogens is 1. The second-order valence-electron chi connectivity index (χ2n) is 6.54. The molecule has 4 aromatic rings. The Labute approximate surface area is 169 Å². The number of hydrogen-bond donors (Lipinski definition) is 3. The number of carbonyl (C=O) groups is 1. The zero-order valence-electron chi connectivity index (χ0n) is 14.8. The number of aliphatic hydroxyl groups excluding tert-OH is 1. The monoisotopic (exact) mass is 436 g/mol. The maximum atomic E-state index is 12.7. The number of benzene rings is 3. The van der Waals surface area contributed by atoms with Crippen LogP contribution in [0.1, 0.15) is 22.0 Å². The quantitative estimate of drug-likeness (QED) is 0.453. The Kier molecular flexibility index (Phi) is 4.98. The van der Waals surface area contributed by atoms with Crippen LogP contribution < -0.4 is 10.9 Å². The summed E-state index contributed by atoms with van der Waals surface area (Å²) >= 11 is 3.38. The summed E-state index contributed by atoms with van der Waals surface area (Å²) in [5.74, 6) is -0.408. The minimum absolute atomic E-state index is 0.0411. The predicted octanol–water partition coefficient (Wildman–Crippen LogP) is 3.91. The fraction of sp³-hybridized carbons (Fsp3) is 0.0909. The molecule has 1 amide bonds. The minimum atomic E-state index is -0.853. The van der Waals surface area contributed by atoms with Crippen molar-refractivity contribution < 1.29 is 9.90 Å². The van der Waals surface area contributed by atoms with E-state index in [1.807, 2.05) is 42.5 Å². The maximum Gasteiger partial charge on any atom is 0.252 e. The van der Waals surface area contributed by atoms with Gasteiger partial charge in [0.25, 0.3) is 5.91 Å². The number of aromatic nitrogens is 1. The third-order valence-corrected chi connectivity index (χ3v) is 5.35. The van der Waals surface area contributed by atoms with Crippen LogP contribution in [0.3, 0.4) is 0 Å². The summed E-state index contributed by atoms with van der Waals surface area (Å²) in [5, 5.41) is 16.0. The normalized spacial score (nSPS) is 12.2. The van der Waals surface area contributed by atoms with E-state index in [4.69, 9.17) is 0 Å². The number of H-pyrrole nitrogens is 1. The van der Waals surface area contributed by atoms with Crippen LogP contribution in [0.25, 0.3) is 21.7 Å². The Morgan fingerprint density at radius 2 is 1.82 bits per heavy atom. The molecule has 0 radical (unpaired) electrons. The highest BCUT2D eigenvalue weighted by Gasteiger charge is 2.15. The molecule has 1 heterocycles. The fourth-order valence-corrected chi connectivity index (χ4v) is 3.71. The number of para-hydroxylation sites is 1. The summed E-state index contributed by atoms with van der Waals surface area (Å²) in [6.07, 6.45) is -0.853. The lowest BCUT2D eigenvalue weighted by Gasteiger charge is -2.14. The molecule has 0 aliphatic heterocycles. The zero-order valence-corrected chi connectivity index (χ0v) is 16.4. The standard InChI is InChI=1S/C22H17BrN2O3/c23-18-7-3-6-16-17(11-20(27)25-21(16)18)22(28)24-12-19(26)15-9-8-13-4-1-2-5-14(13)10-15/h1-11,19,26H,12H2,(H,24,28)(H,25,27). The molecule has 5 nitrogen and oxygen atoms in total. The minimum Gasteiger partial charge on any atom is -0.387 e. The van der Waals surface area contributed by atoms with Crippen LogP contribution in [-0.4, -0.2) is 22.5 Å². The number of aliphatic hydroxyl groups is 1. The van der Waals surface area contributed by atoms with Crippen LogP contribution in [0.2, 0.25) is 0 Å². The Hall–Kier alpha value is -2.96. The summed E-state index contributed by atoms with van der Waals surface area (Å²) in [6, 6.07) is 20.2. The highest BCUT2D eigenvalue weighted by atomic mass is 79.9. The van der Waals surface area contributed by atoms with Gasteiger partial charge < -0.3 is 15.4 Å². The second-order valence-corrected chi connectivity index (χ2v) is 7.40. The average molecular weight is 437 g/mol. The van der Waals surface area contributed by atoms with Gasteiger partial charge in [-0.2, -0.15) is 0 Å². The second kappa shape index (κ2) is 7.58. The predicted molar refractivity (Wildman–Crippen MR) is 114 cm³/mol. The van der Waals surface area contributed by atoms with Gasteiger partial charge in [-0.15, -0.1) is 0 Å². The molecule has 1 atom stereocenters. The first-order valence-corrected chi connectivity index (χ1v) is 9.59. The van der Waals surface area contributed by atoms with Crippen LogP contribution in [0, 0.1) is 0 Å². The maximum absolute atomic E-state index is 12.7. The van der Waals surface area contributed by atoms with Gasteiger partial charge in [0.05, 0.1) is 17.2 Å². The van der Waals surface area contributed by atoms with Crippen molar-refractivity contribution >= 4 is 43.5 Å². The zero-order chi connectivity index (χ0) is 19.7. The van der Waals surface area contributed by atoms with Crippen LogP contribution in [0.5, 0.6) is 0 Å². The molecule has 1 unspecified atom stereocenters. The van der Waals surface area contributed by atoms with Crippen molar-refractivity contribution in [3.8, 4) is 0 Å². The van der Waals surface area contributed by atoms with Gasteiger partial charge in [-0.25, -0.2) is 0 Å². The van der Waals surface area contributed by atoms with E-state index in [1.165, 1.54) is 6.07 Å². The van der Waals surface area contributed by atoms with Gasteiger partial charge in [0.15, 0.2) is 0 Å². The van der Waals surface area contributed by atoms with Crippen LogP contribution >= 0.6 is 15.9 Å². The first-order chi connectivity index (χ1) is 13.5. The molecule has 0 saturated carbocycles. The lowest BCUT2D eigenvalue weighted by Crippen LogP contribution is -2.29. The SMILES string of the molecule is O=C(NCC(O)c1ccc2ccccc2c1)c1cc(=O)[nH]c2c(Br)cccc12. The Morgan fingerprint density at radius 1 is 1.04 bits per heavy atom. The number of amides is 1. The van der Waals surface area contributed by atoms with Crippen molar-refractivity contribution in [2.24, 2.45) is 0 Å². The van der Waals surface area contributed by atoms with Crippen molar-refractivity contribution in [3.05, 3.63) is 92.7 Å². The van der Waals surface area contributed by atoms with Gasteiger partial charge in [0.1, 0.15) is 0 Å². The molecule has 0 spiro atoms. The third kappa shape index (κ3) is 3.56. The fourth-order valence-electron chi connectivity index (χ4n) is 3.25. The first-order valence-electron chi connectivity index (χ1n) is 8.79.